The Hall–Kier alpha value is -2.17. The number of hydrogen-bond acceptors (Lipinski definition) is 4. The average Bonchev–Trinajstić information content (AvgIpc) is 2.54. The van der Waals surface area contributed by atoms with Crippen molar-refractivity contribution in [2.45, 2.75) is 6.61 Å². The SMILES string of the molecule is COCOc1ccccc1C(=O)COCc1ccccc1. The Bertz CT molecular complexity index is 566. The summed E-state index contributed by atoms with van der Waals surface area (Å²) in [4.78, 5) is 12.2. The van der Waals surface area contributed by atoms with E-state index >= 15 is 0 Å². The number of carbonyl (C=O) groups excluding carboxylic acids is 1. The number of ether oxygens (including phenoxy) is 3. The zero-order valence-electron chi connectivity index (χ0n) is 12.0. The Morgan fingerprint density at radius 3 is 2.48 bits per heavy atom. The maximum atomic E-state index is 12.2. The van der Waals surface area contributed by atoms with E-state index in [4.69, 9.17) is 14.2 Å². The minimum absolute atomic E-state index is 0.0161. The van der Waals surface area contributed by atoms with E-state index in [1.54, 1.807) is 18.2 Å². The number of hydrogen-bond donors (Lipinski definition) is 0. The van der Waals surface area contributed by atoms with Gasteiger partial charge in [0.2, 0.25) is 0 Å². The third-order valence-electron chi connectivity index (χ3n) is 2.86. The summed E-state index contributed by atoms with van der Waals surface area (Å²) in [5.41, 5.74) is 1.54. The Kier molecular flexibility index (Phi) is 5.94. The van der Waals surface area contributed by atoms with Crippen LogP contribution in [0.2, 0.25) is 0 Å². The molecule has 0 heterocycles. The minimum atomic E-state index is -0.113. The highest BCUT2D eigenvalue weighted by Crippen LogP contribution is 2.18. The molecule has 0 fully saturated rings. The zero-order chi connectivity index (χ0) is 14.9. The number of Topliss-reactive ketones (excluding diaryl/α,β-unsaturated/α-hetero) is 1. The molecule has 0 spiro atoms. The predicted octanol–water partition coefficient (Wildman–Crippen LogP) is 3.07. The molecular formula is C17H18O4. The second-order valence-electron chi connectivity index (χ2n) is 4.45. The molecule has 0 saturated carbocycles. The second kappa shape index (κ2) is 8.19. The molecule has 2 aromatic carbocycles. The lowest BCUT2D eigenvalue weighted by Gasteiger charge is -2.10. The van der Waals surface area contributed by atoms with Crippen molar-refractivity contribution in [2.75, 3.05) is 20.5 Å². The topological polar surface area (TPSA) is 44.8 Å². The molecule has 4 nitrogen and oxygen atoms in total. The van der Waals surface area contributed by atoms with E-state index in [9.17, 15) is 4.79 Å². The molecule has 110 valence electrons. The first-order chi connectivity index (χ1) is 10.3. The first-order valence-electron chi connectivity index (χ1n) is 6.67. The van der Waals surface area contributed by atoms with Crippen LogP contribution in [-0.2, 0) is 16.1 Å². The van der Waals surface area contributed by atoms with Gasteiger partial charge in [-0.1, -0.05) is 42.5 Å². The van der Waals surface area contributed by atoms with Gasteiger partial charge < -0.3 is 14.2 Å². The summed E-state index contributed by atoms with van der Waals surface area (Å²) in [6.45, 7) is 0.533. The molecule has 21 heavy (non-hydrogen) atoms. The van der Waals surface area contributed by atoms with Crippen LogP contribution in [0.25, 0.3) is 0 Å². The van der Waals surface area contributed by atoms with Crippen molar-refractivity contribution in [1.29, 1.82) is 0 Å². The van der Waals surface area contributed by atoms with Gasteiger partial charge in [-0.2, -0.15) is 0 Å². The number of ketones is 1. The summed E-state index contributed by atoms with van der Waals surface area (Å²) in [5.74, 6) is 0.394. The molecule has 4 heteroatoms. The van der Waals surface area contributed by atoms with E-state index in [0.29, 0.717) is 17.9 Å². The van der Waals surface area contributed by atoms with Crippen LogP contribution >= 0.6 is 0 Å². The summed E-state index contributed by atoms with van der Waals surface area (Å²) in [5, 5.41) is 0. The van der Waals surface area contributed by atoms with Crippen LogP contribution in [0.15, 0.2) is 54.6 Å². The van der Waals surface area contributed by atoms with Crippen molar-refractivity contribution in [3.05, 3.63) is 65.7 Å². The average molecular weight is 286 g/mol. The number of methoxy groups -OCH3 is 1. The van der Waals surface area contributed by atoms with Gasteiger partial charge in [0.15, 0.2) is 12.6 Å². The zero-order valence-corrected chi connectivity index (χ0v) is 12.0. The van der Waals surface area contributed by atoms with Crippen LogP contribution < -0.4 is 4.74 Å². The highest BCUT2D eigenvalue weighted by molar-refractivity contribution is 5.99. The maximum Gasteiger partial charge on any atom is 0.192 e. The van der Waals surface area contributed by atoms with Crippen LogP contribution in [0, 0.1) is 0 Å². The second-order valence-corrected chi connectivity index (χ2v) is 4.45. The van der Waals surface area contributed by atoms with E-state index < -0.39 is 0 Å². The molecular weight excluding hydrogens is 268 g/mol. The van der Waals surface area contributed by atoms with Gasteiger partial charge in [-0.15, -0.1) is 0 Å². The standard InChI is InChI=1S/C17H18O4/c1-19-13-21-17-10-6-5-9-15(17)16(18)12-20-11-14-7-3-2-4-8-14/h2-10H,11-13H2,1H3. The normalized spacial score (nSPS) is 10.3. The van der Waals surface area contributed by atoms with Crippen LogP contribution in [0.5, 0.6) is 5.75 Å². The summed E-state index contributed by atoms with van der Waals surface area (Å²) in [6, 6.07) is 16.8. The van der Waals surface area contributed by atoms with E-state index in [0.717, 1.165) is 5.56 Å². The van der Waals surface area contributed by atoms with Gasteiger partial charge in [0, 0.05) is 7.11 Å². The number of para-hydroxylation sites is 1. The minimum Gasteiger partial charge on any atom is -0.467 e. The van der Waals surface area contributed by atoms with E-state index in [1.165, 1.54) is 7.11 Å². The Morgan fingerprint density at radius 1 is 1.00 bits per heavy atom. The molecule has 0 atom stereocenters. The fourth-order valence-electron chi connectivity index (χ4n) is 1.86. The Balaban J connectivity index is 1.91. The highest BCUT2D eigenvalue weighted by atomic mass is 16.7. The van der Waals surface area contributed by atoms with Crippen LogP contribution in [0.1, 0.15) is 15.9 Å². The maximum absolute atomic E-state index is 12.2. The molecule has 0 aliphatic rings. The lowest BCUT2D eigenvalue weighted by atomic mass is 10.1. The molecule has 0 aromatic heterocycles. The van der Waals surface area contributed by atoms with Crippen molar-refractivity contribution in [1.82, 2.24) is 0 Å². The molecule has 0 aliphatic carbocycles. The van der Waals surface area contributed by atoms with Crippen LogP contribution in [0.4, 0.5) is 0 Å². The molecule has 0 unspecified atom stereocenters. The molecule has 0 bridgehead atoms. The number of rotatable bonds is 8. The largest absolute Gasteiger partial charge is 0.467 e. The van der Waals surface area contributed by atoms with Crippen molar-refractivity contribution in [3.63, 3.8) is 0 Å². The molecule has 0 amide bonds. The summed E-state index contributed by atoms with van der Waals surface area (Å²) < 4.78 is 15.7. The van der Waals surface area contributed by atoms with Crippen LogP contribution in [-0.4, -0.2) is 26.3 Å². The van der Waals surface area contributed by atoms with E-state index in [2.05, 4.69) is 0 Å². The smallest absolute Gasteiger partial charge is 0.192 e. The van der Waals surface area contributed by atoms with Crippen molar-refractivity contribution in [2.24, 2.45) is 0 Å². The first kappa shape index (κ1) is 15.2. The van der Waals surface area contributed by atoms with Crippen molar-refractivity contribution in [3.8, 4) is 5.75 Å². The van der Waals surface area contributed by atoms with Gasteiger partial charge in [-0.25, -0.2) is 0 Å². The fourth-order valence-corrected chi connectivity index (χ4v) is 1.86. The lowest BCUT2D eigenvalue weighted by molar-refractivity contribution is 0.0491. The summed E-state index contributed by atoms with van der Waals surface area (Å²) >= 11 is 0. The fraction of sp³-hybridized carbons (Fsp3) is 0.235. The molecule has 2 rings (SSSR count). The predicted molar refractivity (Wildman–Crippen MR) is 79.4 cm³/mol. The molecule has 0 N–H and O–H groups in total. The lowest BCUT2D eigenvalue weighted by Crippen LogP contribution is -2.11. The van der Waals surface area contributed by atoms with E-state index in [-0.39, 0.29) is 19.2 Å². The molecule has 0 radical (unpaired) electrons. The van der Waals surface area contributed by atoms with Crippen LogP contribution in [0.3, 0.4) is 0 Å². The first-order valence-corrected chi connectivity index (χ1v) is 6.67. The van der Waals surface area contributed by atoms with E-state index in [1.807, 2.05) is 36.4 Å². The van der Waals surface area contributed by atoms with Gasteiger partial charge >= 0.3 is 0 Å². The Morgan fingerprint density at radius 2 is 1.71 bits per heavy atom. The van der Waals surface area contributed by atoms with Crippen molar-refractivity contribution >= 4 is 5.78 Å². The third kappa shape index (κ3) is 4.70. The van der Waals surface area contributed by atoms with Gasteiger partial charge in [0.1, 0.15) is 12.4 Å². The quantitative estimate of drug-likeness (QED) is 0.552. The van der Waals surface area contributed by atoms with Gasteiger partial charge in [0.05, 0.1) is 12.2 Å². The van der Waals surface area contributed by atoms with Gasteiger partial charge in [-0.05, 0) is 17.7 Å². The van der Waals surface area contributed by atoms with Gasteiger partial charge in [-0.3, -0.25) is 4.79 Å². The molecule has 0 saturated heterocycles. The number of benzene rings is 2. The Labute approximate surface area is 124 Å². The summed E-state index contributed by atoms with van der Waals surface area (Å²) in [6.07, 6.45) is 0. The highest BCUT2D eigenvalue weighted by Gasteiger charge is 2.12. The van der Waals surface area contributed by atoms with Gasteiger partial charge in [0.25, 0.3) is 0 Å². The van der Waals surface area contributed by atoms with Crippen molar-refractivity contribution < 1.29 is 19.0 Å². The summed E-state index contributed by atoms with van der Waals surface area (Å²) in [7, 11) is 1.54. The monoisotopic (exact) mass is 286 g/mol. The number of carbonyl (C=O) groups is 1. The molecule has 0 aliphatic heterocycles. The third-order valence-corrected chi connectivity index (χ3v) is 2.86. The molecule has 2 aromatic rings.